The van der Waals surface area contributed by atoms with Gasteiger partial charge in [-0.3, -0.25) is 4.79 Å². The summed E-state index contributed by atoms with van der Waals surface area (Å²) in [7, 11) is 2.12. The molecule has 1 saturated carbocycles. The molecule has 0 unspecified atom stereocenters. The van der Waals surface area contributed by atoms with Crippen molar-refractivity contribution in [2.45, 2.75) is 51.6 Å². The monoisotopic (exact) mass is 290 g/mol. The Morgan fingerprint density at radius 1 is 1.43 bits per heavy atom. The molecule has 5 nitrogen and oxygen atoms in total. The molecule has 2 fully saturated rings. The van der Waals surface area contributed by atoms with Crippen molar-refractivity contribution in [1.82, 2.24) is 19.8 Å². The van der Waals surface area contributed by atoms with E-state index in [1.165, 1.54) is 25.7 Å². The Morgan fingerprint density at radius 3 is 2.86 bits per heavy atom. The molecule has 0 aromatic carbocycles. The fourth-order valence-electron chi connectivity index (χ4n) is 3.85. The van der Waals surface area contributed by atoms with Gasteiger partial charge in [0.25, 0.3) is 0 Å². The number of likely N-dealkylation sites (tertiary alicyclic amines) is 1. The number of carbonyl (C=O) groups is 1. The third kappa shape index (κ3) is 3.46. The van der Waals surface area contributed by atoms with Crippen molar-refractivity contribution in [3.05, 3.63) is 17.7 Å². The van der Waals surface area contributed by atoms with Crippen molar-refractivity contribution in [2.75, 3.05) is 20.1 Å². The van der Waals surface area contributed by atoms with E-state index in [1.54, 1.807) is 0 Å². The Balaban J connectivity index is 1.50. The van der Waals surface area contributed by atoms with Crippen LogP contribution in [0.5, 0.6) is 0 Å². The number of amides is 1. The summed E-state index contributed by atoms with van der Waals surface area (Å²) in [4.78, 5) is 24.2. The second kappa shape index (κ2) is 6.18. The quantitative estimate of drug-likeness (QED) is 0.901. The van der Waals surface area contributed by atoms with E-state index in [0.717, 1.165) is 37.6 Å². The molecule has 1 amide bonds. The van der Waals surface area contributed by atoms with E-state index in [9.17, 15) is 4.79 Å². The third-order valence-electron chi connectivity index (χ3n) is 4.77. The Bertz CT molecular complexity index is 492. The number of imidazole rings is 1. The number of rotatable bonds is 5. The highest BCUT2D eigenvalue weighted by molar-refractivity contribution is 5.79. The van der Waals surface area contributed by atoms with Gasteiger partial charge in [0.2, 0.25) is 5.91 Å². The summed E-state index contributed by atoms with van der Waals surface area (Å²) in [5, 5.41) is 0. The number of nitrogens with one attached hydrogen (secondary N) is 1. The van der Waals surface area contributed by atoms with Crippen LogP contribution in [0, 0.1) is 12.8 Å². The minimum Gasteiger partial charge on any atom is -0.345 e. The molecule has 21 heavy (non-hydrogen) atoms. The molecular formula is C16H26N4O. The maximum atomic E-state index is 12.2. The smallest absolute Gasteiger partial charge is 0.223 e. The first-order chi connectivity index (χ1) is 10.1. The van der Waals surface area contributed by atoms with Gasteiger partial charge in [0.05, 0.1) is 0 Å². The molecule has 1 aromatic rings. The Hall–Kier alpha value is -1.36. The van der Waals surface area contributed by atoms with Gasteiger partial charge >= 0.3 is 0 Å². The third-order valence-corrected chi connectivity index (χ3v) is 4.77. The zero-order valence-corrected chi connectivity index (χ0v) is 13.1. The molecule has 1 atom stereocenters. The van der Waals surface area contributed by atoms with Crippen LogP contribution < -0.4 is 0 Å². The first-order valence-corrected chi connectivity index (χ1v) is 8.10. The zero-order valence-electron chi connectivity index (χ0n) is 13.1. The fraction of sp³-hybridized carbons (Fsp3) is 0.750. The predicted octanol–water partition coefficient (Wildman–Crippen LogP) is 1.94. The summed E-state index contributed by atoms with van der Waals surface area (Å²) in [6.07, 6.45) is 7.62. The normalized spacial score (nSPS) is 23.7. The van der Waals surface area contributed by atoms with Crippen LogP contribution in [-0.2, 0) is 11.3 Å². The van der Waals surface area contributed by atoms with E-state index < -0.39 is 0 Å². The summed E-state index contributed by atoms with van der Waals surface area (Å²) < 4.78 is 0. The van der Waals surface area contributed by atoms with Gasteiger partial charge in [0, 0.05) is 44.0 Å². The van der Waals surface area contributed by atoms with Gasteiger partial charge in [-0.2, -0.15) is 0 Å². The highest BCUT2D eigenvalue weighted by atomic mass is 16.2. The summed E-state index contributed by atoms with van der Waals surface area (Å²) >= 11 is 0. The van der Waals surface area contributed by atoms with E-state index >= 15 is 0 Å². The topological polar surface area (TPSA) is 52.2 Å². The molecule has 116 valence electrons. The molecule has 3 rings (SSSR count). The highest BCUT2D eigenvalue weighted by Crippen LogP contribution is 2.29. The molecule has 2 aliphatic rings. The lowest BCUT2D eigenvalue weighted by molar-refractivity contribution is -0.129. The van der Waals surface area contributed by atoms with Crippen LogP contribution in [-0.4, -0.2) is 51.9 Å². The van der Waals surface area contributed by atoms with Gasteiger partial charge in [-0.15, -0.1) is 0 Å². The van der Waals surface area contributed by atoms with Crippen LogP contribution in [0.4, 0.5) is 0 Å². The number of aryl methyl sites for hydroxylation is 1. The predicted molar refractivity (Wildman–Crippen MR) is 81.7 cm³/mol. The summed E-state index contributed by atoms with van der Waals surface area (Å²) in [6, 6.07) is 0.531. The lowest BCUT2D eigenvalue weighted by Crippen LogP contribution is -2.35. The van der Waals surface area contributed by atoms with Gasteiger partial charge in [-0.1, -0.05) is 12.8 Å². The molecular weight excluding hydrogens is 264 g/mol. The van der Waals surface area contributed by atoms with Crippen molar-refractivity contribution < 1.29 is 4.79 Å². The van der Waals surface area contributed by atoms with Crippen molar-refractivity contribution in [3.63, 3.8) is 0 Å². The largest absolute Gasteiger partial charge is 0.345 e. The lowest BCUT2D eigenvalue weighted by atomic mass is 10.1. The van der Waals surface area contributed by atoms with Crippen LogP contribution in [0.3, 0.4) is 0 Å². The molecule has 5 heteroatoms. The average Bonchev–Trinajstić information content (AvgIpc) is 3.12. The van der Waals surface area contributed by atoms with E-state index in [1.807, 2.05) is 13.1 Å². The van der Waals surface area contributed by atoms with Crippen molar-refractivity contribution >= 4 is 5.91 Å². The maximum Gasteiger partial charge on any atom is 0.223 e. The highest BCUT2D eigenvalue weighted by Gasteiger charge is 2.35. The second-order valence-electron chi connectivity index (χ2n) is 6.75. The van der Waals surface area contributed by atoms with E-state index in [0.29, 0.717) is 17.9 Å². The molecule has 1 aliphatic heterocycles. The Labute approximate surface area is 126 Å². The Kier molecular flexibility index (Phi) is 4.29. The van der Waals surface area contributed by atoms with Gasteiger partial charge < -0.3 is 14.8 Å². The molecule has 0 bridgehead atoms. The Morgan fingerprint density at radius 2 is 2.19 bits per heavy atom. The first kappa shape index (κ1) is 14.6. The van der Waals surface area contributed by atoms with E-state index in [4.69, 9.17) is 0 Å². The standard InChI is InChI=1S/C16H26N4O/c1-12-17-8-14(18-12)11-19(2)9-13-7-16(21)20(10-13)15-5-3-4-6-15/h8,13,15H,3-7,9-11H2,1-2H3,(H,17,18)/t13-/m0/s1. The van der Waals surface area contributed by atoms with Crippen LogP contribution in [0.15, 0.2) is 6.20 Å². The van der Waals surface area contributed by atoms with E-state index in [2.05, 4.69) is 26.8 Å². The van der Waals surface area contributed by atoms with Crippen molar-refractivity contribution in [3.8, 4) is 0 Å². The number of aromatic nitrogens is 2. The second-order valence-corrected chi connectivity index (χ2v) is 6.75. The molecule has 0 spiro atoms. The molecule has 1 N–H and O–H groups in total. The first-order valence-electron chi connectivity index (χ1n) is 8.10. The van der Waals surface area contributed by atoms with Crippen LogP contribution in [0.2, 0.25) is 0 Å². The minimum atomic E-state index is 0.373. The average molecular weight is 290 g/mol. The number of H-pyrrole nitrogens is 1. The van der Waals surface area contributed by atoms with Crippen LogP contribution >= 0.6 is 0 Å². The number of carbonyl (C=O) groups excluding carboxylic acids is 1. The van der Waals surface area contributed by atoms with Crippen LogP contribution in [0.1, 0.15) is 43.6 Å². The maximum absolute atomic E-state index is 12.2. The SMILES string of the molecule is Cc1ncc(CN(C)C[C@@H]2CC(=O)N(C3CCCC3)C2)[nH]1. The van der Waals surface area contributed by atoms with Gasteiger partial charge in [0.15, 0.2) is 0 Å². The lowest BCUT2D eigenvalue weighted by Gasteiger charge is -2.25. The zero-order chi connectivity index (χ0) is 14.8. The minimum absolute atomic E-state index is 0.373. The summed E-state index contributed by atoms with van der Waals surface area (Å²) in [5.74, 6) is 1.81. The van der Waals surface area contributed by atoms with E-state index in [-0.39, 0.29) is 0 Å². The van der Waals surface area contributed by atoms with Gasteiger partial charge in [-0.05, 0) is 32.7 Å². The molecule has 2 heterocycles. The van der Waals surface area contributed by atoms with Crippen molar-refractivity contribution in [1.29, 1.82) is 0 Å². The fourth-order valence-corrected chi connectivity index (χ4v) is 3.85. The van der Waals surface area contributed by atoms with Gasteiger partial charge in [-0.25, -0.2) is 4.98 Å². The summed E-state index contributed by atoms with van der Waals surface area (Å²) in [5.41, 5.74) is 1.15. The summed E-state index contributed by atoms with van der Waals surface area (Å²) in [6.45, 7) is 4.77. The molecule has 1 aliphatic carbocycles. The number of aromatic amines is 1. The molecule has 1 aromatic heterocycles. The number of hydrogen-bond acceptors (Lipinski definition) is 3. The van der Waals surface area contributed by atoms with Gasteiger partial charge in [0.1, 0.15) is 5.82 Å². The number of hydrogen-bond donors (Lipinski definition) is 1. The van der Waals surface area contributed by atoms with Crippen LogP contribution in [0.25, 0.3) is 0 Å². The van der Waals surface area contributed by atoms with Crippen molar-refractivity contribution in [2.24, 2.45) is 5.92 Å². The molecule has 0 radical (unpaired) electrons. The number of nitrogens with zero attached hydrogens (tertiary/aromatic N) is 3. The molecule has 1 saturated heterocycles.